The summed E-state index contributed by atoms with van der Waals surface area (Å²) < 4.78 is 13.4. The van der Waals surface area contributed by atoms with Gasteiger partial charge in [0.25, 0.3) is 0 Å². The van der Waals surface area contributed by atoms with Gasteiger partial charge in [-0.2, -0.15) is 0 Å². The Kier molecular flexibility index (Phi) is 4.85. The van der Waals surface area contributed by atoms with E-state index in [2.05, 4.69) is 15.6 Å². The van der Waals surface area contributed by atoms with Crippen molar-refractivity contribution in [1.82, 2.24) is 4.98 Å². The van der Waals surface area contributed by atoms with Crippen molar-refractivity contribution in [1.29, 1.82) is 0 Å². The van der Waals surface area contributed by atoms with Crippen molar-refractivity contribution in [3.63, 3.8) is 0 Å². The van der Waals surface area contributed by atoms with Crippen LogP contribution in [0.2, 0.25) is 0 Å². The molecule has 2 amide bonds. The summed E-state index contributed by atoms with van der Waals surface area (Å²) in [5, 5.41) is 5.47. The minimum atomic E-state index is -0.652. The van der Waals surface area contributed by atoms with Crippen LogP contribution in [0.25, 0.3) is 0 Å². The summed E-state index contributed by atoms with van der Waals surface area (Å²) >= 11 is 0. The Morgan fingerprint density at radius 2 is 1.79 bits per heavy atom. The summed E-state index contributed by atoms with van der Waals surface area (Å²) in [6.45, 7) is 0. The molecular formula is C22H18FN3O2. The summed E-state index contributed by atoms with van der Waals surface area (Å²) in [6, 6.07) is 15.6. The summed E-state index contributed by atoms with van der Waals surface area (Å²) in [6.07, 6.45) is 4.32. The Labute approximate surface area is 161 Å². The van der Waals surface area contributed by atoms with E-state index in [4.69, 9.17) is 0 Å². The molecule has 5 nitrogen and oxygen atoms in total. The molecule has 1 aliphatic rings. The second kappa shape index (κ2) is 7.60. The van der Waals surface area contributed by atoms with Gasteiger partial charge in [0.1, 0.15) is 5.82 Å². The number of amides is 2. The van der Waals surface area contributed by atoms with Crippen LogP contribution in [0.15, 0.2) is 67.0 Å². The van der Waals surface area contributed by atoms with E-state index in [1.54, 1.807) is 18.5 Å². The van der Waals surface area contributed by atoms with Crippen LogP contribution in [0, 0.1) is 5.82 Å². The molecule has 6 heteroatoms. The first-order chi connectivity index (χ1) is 13.6. The van der Waals surface area contributed by atoms with Gasteiger partial charge < -0.3 is 10.6 Å². The second-order valence-corrected chi connectivity index (χ2v) is 6.75. The molecule has 28 heavy (non-hydrogen) atoms. The third-order valence-corrected chi connectivity index (χ3v) is 4.75. The number of rotatable bonds is 4. The molecule has 1 atom stereocenters. The van der Waals surface area contributed by atoms with Crippen LogP contribution in [-0.2, 0) is 16.0 Å². The maximum absolute atomic E-state index is 13.4. The van der Waals surface area contributed by atoms with Crippen LogP contribution >= 0.6 is 0 Å². The van der Waals surface area contributed by atoms with Gasteiger partial charge in [-0.3, -0.25) is 14.6 Å². The molecule has 2 aromatic carbocycles. The van der Waals surface area contributed by atoms with Crippen LogP contribution in [0.5, 0.6) is 0 Å². The summed E-state index contributed by atoms with van der Waals surface area (Å²) in [7, 11) is 0. The van der Waals surface area contributed by atoms with Gasteiger partial charge in [-0.1, -0.05) is 18.2 Å². The zero-order chi connectivity index (χ0) is 19.5. The van der Waals surface area contributed by atoms with Crippen LogP contribution in [0.3, 0.4) is 0 Å². The smallest absolute Gasteiger partial charge is 0.232 e. The lowest BCUT2D eigenvalue weighted by molar-refractivity contribution is -0.123. The molecule has 3 aromatic rings. The number of hydrogen-bond acceptors (Lipinski definition) is 3. The molecule has 0 saturated heterocycles. The van der Waals surface area contributed by atoms with Gasteiger partial charge in [0.15, 0.2) is 0 Å². The fraction of sp³-hybridized carbons (Fsp3) is 0.136. The molecule has 0 saturated carbocycles. The maximum atomic E-state index is 13.4. The quantitative estimate of drug-likeness (QED) is 0.727. The van der Waals surface area contributed by atoms with Gasteiger partial charge in [0.2, 0.25) is 11.8 Å². The van der Waals surface area contributed by atoms with Crippen molar-refractivity contribution >= 4 is 23.2 Å². The fourth-order valence-corrected chi connectivity index (χ4v) is 3.34. The predicted octanol–water partition coefficient (Wildman–Crippen LogP) is 3.88. The first kappa shape index (κ1) is 17.9. The largest absolute Gasteiger partial charge is 0.326 e. The number of carbonyl (C=O) groups is 2. The summed E-state index contributed by atoms with van der Waals surface area (Å²) in [5.41, 5.74) is 3.89. The van der Waals surface area contributed by atoms with E-state index in [9.17, 15) is 14.0 Å². The predicted molar refractivity (Wildman–Crippen MR) is 105 cm³/mol. The molecule has 0 aliphatic carbocycles. The third-order valence-electron chi connectivity index (χ3n) is 4.75. The van der Waals surface area contributed by atoms with Gasteiger partial charge in [-0.05, 0) is 59.5 Å². The molecule has 4 rings (SSSR count). The topological polar surface area (TPSA) is 71.1 Å². The van der Waals surface area contributed by atoms with Gasteiger partial charge in [-0.25, -0.2) is 4.39 Å². The molecule has 1 aromatic heterocycles. The van der Waals surface area contributed by atoms with Crippen LogP contribution in [0.1, 0.15) is 29.0 Å². The lowest BCUT2D eigenvalue weighted by Crippen LogP contribution is -2.30. The minimum Gasteiger partial charge on any atom is -0.326 e. The van der Waals surface area contributed by atoms with Crippen LogP contribution < -0.4 is 10.6 Å². The molecule has 2 N–H and O–H groups in total. The first-order valence-corrected chi connectivity index (χ1v) is 8.96. The Bertz CT molecular complexity index is 1020. The highest BCUT2D eigenvalue weighted by molar-refractivity contribution is 6.05. The Hall–Kier alpha value is -3.54. The fourth-order valence-electron chi connectivity index (χ4n) is 3.34. The number of fused-ring (bicyclic) bond motifs is 1. The van der Waals surface area contributed by atoms with E-state index < -0.39 is 11.7 Å². The summed E-state index contributed by atoms with van der Waals surface area (Å²) in [5.74, 6) is -1.69. The van der Waals surface area contributed by atoms with Crippen LogP contribution in [-0.4, -0.2) is 16.8 Å². The van der Waals surface area contributed by atoms with Crippen LogP contribution in [0.4, 0.5) is 15.8 Å². The molecule has 0 fully saturated rings. The highest BCUT2D eigenvalue weighted by atomic mass is 19.1. The van der Waals surface area contributed by atoms with E-state index in [0.29, 0.717) is 16.9 Å². The summed E-state index contributed by atoms with van der Waals surface area (Å²) in [4.78, 5) is 28.7. The molecule has 1 unspecified atom stereocenters. The Balaban J connectivity index is 1.47. The highest BCUT2D eigenvalue weighted by Crippen LogP contribution is 2.33. The van der Waals surface area contributed by atoms with Crippen molar-refractivity contribution in [2.45, 2.75) is 18.8 Å². The SMILES string of the molecule is O=C1CC(C(=O)Nc2ccc(Cc3ccncc3)cc2)c2ccc(F)cc2N1. The van der Waals surface area contributed by atoms with E-state index in [0.717, 1.165) is 17.5 Å². The zero-order valence-electron chi connectivity index (χ0n) is 15.0. The molecule has 0 bridgehead atoms. The molecule has 1 aliphatic heterocycles. The first-order valence-electron chi connectivity index (χ1n) is 8.96. The van der Waals surface area contributed by atoms with Crippen molar-refractivity contribution in [3.05, 3.63) is 89.5 Å². The molecular weight excluding hydrogens is 357 g/mol. The number of nitrogens with one attached hydrogen (secondary N) is 2. The number of carbonyl (C=O) groups excluding carboxylic acids is 2. The van der Waals surface area contributed by atoms with Gasteiger partial charge >= 0.3 is 0 Å². The van der Waals surface area contributed by atoms with Gasteiger partial charge in [-0.15, -0.1) is 0 Å². The normalized spacial score (nSPS) is 15.5. The van der Waals surface area contributed by atoms with Crippen molar-refractivity contribution in [2.75, 3.05) is 10.6 Å². The Morgan fingerprint density at radius 3 is 2.54 bits per heavy atom. The number of anilines is 2. The monoisotopic (exact) mass is 375 g/mol. The van der Waals surface area contributed by atoms with Gasteiger partial charge in [0, 0.05) is 30.2 Å². The number of nitrogens with zero attached hydrogens (tertiary/aromatic N) is 1. The average Bonchev–Trinajstić information content (AvgIpc) is 2.69. The molecule has 2 heterocycles. The lowest BCUT2D eigenvalue weighted by atomic mass is 9.89. The standard InChI is InChI=1S/C22H18FN3O2/c23-16-3-6-18-19(13-21(27)26-20(18)12-16)22(28)25-17-4-1-14(2-5-17)11-15-7-9-24-10-8-15/h1-10,12,19H,11,13H2,(H,25,28)(H,26,27). The number of pyridine rings is 1. The van der Waals surface area contributed by atoms with Crippen molar-refractivity contribution < 1.29 is 14.0 Å². The second-order valence-electron chi connectivity index (χ2n) is 6.75. The van der Waals surface area contributed by atoms with E-state index in [-0.39, 0.29) is 18.2 Å². The van der Waals surface area contributed by atoms with Gasteiger partial charge in [0.05, 0.1) is 5.92 Å². The Morgan fingerprint density at radius 1 is 1.07 bits per heavy atom. The molecule has 0 radical (unpaired) electrons. The van der Waals surface area contributed by atoms with Crippen molar-refractivity contribution in [2.24, 2.45) is 0 Å². The number of hydrogen-bond donors (Lipinski definition) is 2. The number of benzene rings is 2. The zero-order valence-corrected chi connectivity index (χ0v) is 15.0. The van der Waals surface area contributed by atoms with Crippen molar-refractivity contribution in [3.8, 4) is 0 Å². The van der Waals surface area contributed by atoms with E-state index >= 15 is 0 Å². The number of aromatic nitrogens is 1. The third kappa shape index (κ3) is 3.91. The van der Waals surface area contributed by atoms with E-state index in [1.165, 1.54) is 12.1 Å². The van der Waals surface area contributed by atoms with E-state index in [1.807, 2.05) is 36.4 Å². The maximum Gasteiger partial charge on any atom is 0.232 e. The highest BCUT2D eigenvalue weighted by Gasteiger charge is 2.31. The molecule has 0 spiro atoms. The number of halogens is 1. The molecule has 140 valence electrons. The minimum absolute atomic E-state index is 0.0323. The lowest BCUT2D eigenvalue weighted by Gasteiger charge is -2.25. The average molecular weight is 375 g/mol.